The summed E-state index contributed by atoms with van der Waals surface area (Å²) in [5, 5.41) is 2.50. The molecule has 4 nitrogen and oxygen atoms in total. The summed E-state index contributed by atoms with van der Waals surface area (Å²) in [5.41, 5.74) is 5.94. The molecule has 1 aromatic rings. The second-order valence-electron chi connectivity index (χ2n) is 2.20. The smallest absolute Gasteiger partial charge is 0.312 e. The van der Waals surface area contributed by atoms with Crippen LogP contribution in [0.25, 0.3) is 0 Å². The number of hydrogen-bond donors (Lipinski definition) is 3. The third-order valence-corrected chi connectivity index (χ3v) is 1.31. The molecule has 1 aromatic carbocycles. The van der Waals surface area contributed by atoms with Gasteiger partial charge in [-0.05, 0) is 5.56 Å². The van der Waals surface area contributed by atoms with Gasteiger partial charge in [0.05, 0.1) is 0 Å². The van der Waals surface area contributed by atoms with Crippen molar-refractivity contribution in [3.63, 3.8) is 0 Å². The lowest BCUT2D eigenvalue weighted by Crippen LogP contribution is -2.28. The van der Waals surface area contributed by atoms with Gasteiger partial charge in [0.2, 0.25) is 0 Å². The molecule has 2 amide bonds. The first-order valence-electron chi connectivity index (χ1n) is 3.36. The molecule has 0 aliphatic heterocycles. The number of amides is 2. The Morgan fingerprint density at radius 2 is 1.92 bits per heavy atom. The molecule has 6 N–H and O–H groups in total. The number of hydrogen-bond acceptors (Lipinski definition) is 2. The quantitative estimate of drug-likeness (QED) is 0.613. The van der Waals surface area contributed by atoms with Crippen molar-refractivity contribution in [2.75, 3.05) is 0 Å². The van der Waals surface area contributed by atoms with Crippen molar-refractivity contribution < 1.29 is 4.79 Å². The first-order valence-corrected chi connectivity index (χ1v) is 3.36. The van der Waals surface area contributed by atoms with Crippen LogP contribution in [0.3, 0.4) is 0 Å². The Hall–Kier alpha value is -1.55. The summed E-state index contributed by atoms with van der Waals surface area (Å²) in [6.45, 7) is 0.496. The number of benzene rings is 1. The highest BCUT2D eigenvalue weighted by Gasteiger charge is 1.91. The fraction of sp³-hybridized carbons (Fsp3) is 0.125. The van der Waals surface area contributed by atoms with Gasteiger partial charge in [0.25, 0.3) is 0 Å². The van der Waals surface area contributed by atoms with E-state index in [0.717, 1.165) is 5.56 Å². The summed E-state index contributed by atoms with van der Waals surface area (Å²) >= 11 is 0. The minimum absolute atomic E-state index is 0. The zero-order chi connectivity index (χ0) is 8.10. The molecule has 0 spiro atoms. The van der Waals surface area contributed by atoms with Crippen molar-refractivity contribution >= 4 is 6.03 Å². The van der Waals surface area contributed by atoms with Crippen LogP contribution in [-0.4, -0.2) is 6.03 Å². The Balaban J connectivity index is 0.00000121. The van der Waals surface area contributed by atoms with E-state index < -0.39 is 6.03 Å². The SMILES string of the molecule is N.NC(=O)NCc1ccccc1. The Labute approximate surface area is 71.3 Å². The summed E-state index contributed by atoms with van der Waals surface area (Å²) in [6, 6.07) is 9.12. The molecule has 0 aliphatic carbocycles. The molecule has 4 heteroatoms. The van der Waals surface area contributed by atoms with Crippen molar-refractivity contribution in [3.05, 3.63) is 35.9 Å². The minimum atomic E-state index is -0.492. The number of rotatable bonds is 2. The van der Waals surface area contributed by atoms with E-state index in [1.807, 2.05) is 30.3 Å². The van der Waals surface area contributed by atoms with Crippen LogP contribution in [0.15, 0.2) is 30.3 Å². The topological polar surface area (TPSA) is 90.1 Å². The Morgan fingerprint density at radius 1 is 1.33 bits per heavy atom. The zero-order valence-corrected chi connectivity index (χ0v) is 6.79. The first-order chi connectivity index (χ1) is 5.29. The van der Waals surface area contributed by atoms with Gasteiger partial charge in [0, 0.05) is 6.54 Å². The number of carbonyl (C=O) groups excluding carboxylic acids is 1. The second-order valence-corrected chi connectivity index (χ2v) is 2.20. The van der Waals surface area contributed by atoms with Gasteiger partial charge < -0.3 is 17.2 Å². The molecule has 0 bridgehead atoms. The lowest BCUT2D eigenvalue weighted by Gasteiger charge is -1.99. The van der Waals surface area contributed by atoms with Gasteiger partial charge in [-0.15, -0.1) is 0 Å². The first kappa shape index (κ1) is 10.4. The van der Waals surface area contributed by atoms with Crippen LogP contribution in [0, 0.1) is 0 Å². The highest BCUT2D eigenvalue weighted by atomic mass is 16.2. The summed E-state index contributed by atoms with van der Waals surface area (Å²) in [4.78, 5) is 10.3. The average Bonchev–Trinajstić information content (AvgIpc) is 2.03. The lowest BCUT2D eigenvalue weighted by molar-refractivity contribution is 0.248. The molecule has 0 atom stereocenters. The summed E-state index contributed by atoms with van der Waals surface area (Å²) in [6.07, 6.45) is 0. The molecule has 12 heavy (non-hydrogen) atoms. The third kappa shape index (κ3) is 3.58. The van der Waals surface area contributed by atoms with E-state index in [4.69, 9.17) is 5.73 Å². The molecule has 0 radical (unpaired) electrons. The van der Waals surface area contributed by atoms with Crippen LogP contribution < -0.4 is 17.2 Å². The summed E-state index contributed by atoms with van der Waals surface area (Å²) in [5.74, 6) is 0. The zero-order valence-electron chi connectivity index (χ0n) is 6.79. The van der Waals surface area contributed by atoms with Gasteiger partial charge in [-0.2, -0.15) is 0 Å². The number of primary amides is 1. The summed E-state index contributed by atoms with van der Waals surface area (Å²) in [7, 11) is 0. The Kier molecular flexibility index (Phi) is 4.48. The number of urea groups is 1. The predicted molar refractivity (Wildman–Crippen MR) is 47.9 cm³/mol. The van der Waals surface area contributed by atoms with Crippen molar-refractivity contribution in [1.29, 1.82) is 0 Å². The van der Waals surface area contributed by atoms with Crippen LogP contribution in [0.5, 0.6) is 0 Å². The van der Waals surface area contributed by atoms with Crippen molar-refractivity contribution in [1.82, 2.24) is 11.5 Å². The monoisotopic (exact) mass is 167 g/mol. The number of carbonyl (C=O) groups is 1. The number of nitrogens with two attached hydrogens (primary N) is 1. The van der Waals surface area contributed by atoms with Gasteiger partial charge in [-0.1, -0.05) is 30.3 Å². The van der Waals surface area contributed by atoms with Crippen LogP contribution in [0.2, 0.25) is 0 Å². The third-order valence-electron chi connectivity index (χ3n) is 1.31. The van der Waals surface area contributed by atoms with E-state index in [1.165, 1.54) is 0 Å². The lowest BCUT2D eigenvalue weighted by atomic mass is 10.2. The van der Waals surface area contributed by atoms with E-state index in [1.54, 1.807) is 0 Å². The molecular weight excluding hydrogens is 154 g/mol. The van der Waals surface area contributed by atoms with E-state index in [9.17, 15) is 4.79 Å². The van der Waals surface area contributed by atoms with Gasteiger partial charge in [0.15, 0.2) is 0 Å². The van der Waals surface area contributed by atoms with Crippen LogP contribution in [-0.2, 0) is 6.54 Å². The molecule has 0 aliphatic rings. The molecule has 0 aromatic heterocycles. The average molecular weight is 167 g/mol. The Bertz CT molecular complexity index is 235. The normalized spacial score (nSPS) is 8.33. The van der Waals surface area contributed by atoms with Gasteiger partial charge in [-0.25, -0.2) is 4.79 Å². The maximum absolute atomic E-state index is 10.3. The van der Waals surface area contributed by atoms with Crippen LogP contribution >= 0.6 is 0 Å². The standard InChI is InChI=1S/C8H10N2O.H3N/c9-8(11)10-6-7-4-2-1-3-5-7;/h1-5H,6H2,(H3,9,10,11);1H3. The fourth-order valence-electron chi connectivity index (χ4n) is 0.785. The molecule has 0 saturated carbocycles. The minimum Gasteiger partial charge on any atom is -0.352 e. The highest BCUT2D eigenvalue weighted by molar-refractivity contribution is 5.71. The maximum Gasteiger partial charge on any atom is 0.312 e. The van der Waals surface area contributed by atoms with Crippen LogP contribution in [0.4, 0.5) is 4.79 Å². The van der Waals surface area contributed by atoms with Crippen molar-refractivity contribution in [3.8, 4) is 0 Å². The second kappa shape index (κ2) is 5.15. The molecule has 0 heterocycles. The molecule has 1 rings (SSSR count). The van der Waals surface area contributed by atoms with Crippen molar-refractivity contribution in [2.45, 2.75) is 6.54 Å². The molecule has 0 saturated heterocycles. The molecule has 66 valence electrons. The predicted octanol–water partition coefficient (Wildman–Crippen LogP) is 1.02. The maximum atomic E-state index is 10.3. The van der Waals surface area contributed by atoms with Gasteiger partial charge in [0.1, 0.15) is 0 Å². The number of nitrogens with one attached hydrogen (secondary N) is 1. The molecule has 0 fully saturated rings. The largest absolute Gasteiger partial charge is 0.352 e. The van der Waals surface area contributed by atoms with Crippen LogP contribution in [0.1, 0.15) is 5.56 Å². The van der Waals surface area contributed by atoms with Gasteiger partial charge in [-0.3, -0.25) is 0 Å². The van der Waals surface area contributed by atoms with Gasteiger partial charge >= 0.3 is 6.03 Å². The molecule has 0 unspecified atom stereocenters. The van der Waals surface area contributed by atoms with E-state index in [0.29, 0.717) is 6.54 Å². The van der Waals surface area contributed by atoms with Crippen molar-refractivity contribution in [2.24, 2.45) is 5.73 Å². The van der Waals surface area contributed by atoms with E-state index in [-0.39, 0.29) is 6.15 Å². The highest BCUT2D eigenvalue weighted by Crippen LogP contribution is 1.96. The van der Waals surface area contributed by atoms with E-state index >= 15 is 0 Å². The molecular formula is C8H13N3O. The Morgan fingerprint density at radius 3 is 2.42 bits per heavy atom. The summed E-state index contributed by atoms with van der Waals surface area (Å²) < 4.78 is 0. The van der Waals surface area contributed by atoms with E-state index in [2.05, 4.69) is 5.32 Å². The fourth-order valence-corrected chi connectivity index (χ4v) is 0.785.